The first kappa shape index (κ1) is 18.3. The van der Waals surface area contributed by atoms with Gasteiger partial charge >= 0.3 is 0 Å². The van der Waals surface area contributed by atoms with E-state index in [1.165, 1.54) is 17.8 Å². The summed E-state index contributed by atoms with van der Waals surface area (Å²) in [5.74, 6) is -0.00323. The maximum Gasteiger partial charge on any atom is 0.239 e. The standard InChI is InChI=1S/C21H24FN3OS/c22-16-6-8-18(9-7-16)27-19-14-20(23-15-19)21(26)25-12-10-24(11-13-25)17-4-2-1-3-5-17/h1-9,19-20,23H,10-15H2/t19-,20-/m0/s1. The first-order valence-electron chi connectivity index (χ1n) is 9.43. The monoisotopic (exact) mass is 385 g/mol. The number of nitrogens with one attached hydrogen (secondary N) is 1. The highest BCUT2D eigenvalue weighted by molar-refractivity contribution is 8.00. The summed E-state index contributed by atoms with van der Waals surface area (Å²) in [4.78, 5) is 18.2. The molecule has 27 heavy (non-hydrogen) atoms. The van der Waals surface area contributed by atoms with Gasteiger partial charge in [-0.2, -0.15) is 0 Å². The van der Waals surface area contributed by atoms with Crippen LogP contribution in [0.5, 0.6) is 0 Å². The van der Waals surface area contributed by atoms with Gasteiger partial charge < -0.3 is 15.1 Å². The Bertz CT molecular complexity index is 763. The molecule has 2 aromatic carbocycles. The van der Waals surface area contributed by atoms with E-state index in [0.717, 1.165) is 44.0 Å². The lowest BCUT2D eigenvalue weighted by Gasteiger charge is -2.37. The van der Waals surface area contributed by atoms with Crippen molar-refractivity contribution >= 4 is 23.4 Å². The van der Waals surface area contributed by atoms with Crippen LogP contribution in [0.25, 0.3) is 0 Å². The highest BCUT2D eigenvalue weighted by Crippen LogP contribution is 2.29. The summed E-state index contributed by atoms with van der Waals surface area (Å²) in [6.07, 6.45) is 0.819. The van der Waals surface area contributed by atoms with Crippen LogP contribution < -0.4 is 10.2 Å². The van der Waals surface area contributed by atoms with E-state index in [2.05, 4.69) is 22.3 Å². The molecule has 142 valence electrons. The molecule has 2 aromatic rings. The van der Waals surface area contributed by atoms with Gasteiger partial charge in [-0.25, -0.2) is 4.39 Å². The summed E-state index contributed by atoms with van der Waals surface area (Å²) in [5.41, 5.74) is 1.22. The van der Waals surface area contributed by atoms with E-state index in [-0.39, 0.29) is 17.8 Å². The molecule has 2 fully saturated rings. The van der Waals surface area contributed by atoms with Crippen molar-refractivity contribution in [2.24, 2.45) is 0 Å². The third kappa shape index (κ3) is 4.45. The van der Waals surface area contributed by atoms with Gasteiger partial charge in [-0.3, -0.25) is 4.79 Å². The number of amides is 1. The third-order valence-electron chi connectivity index (χ3n) is 5.22. The number of hydrogen-bond acceptors (Lipinski definition) is 4. The molecule has 0 aromatic heterocycles. The van der Waals surface area contributed by atoms with E-state index in [1.807, 2.05) is 23.1 Å². The van der Waals surface area contributed by atoms with Gasteiger partial charge in [-0.05, 0) is 42.8 Å². The van der Waals surface area contributed by atoms with Gasteiger partial charge in [0.25, 0.3) is 0 Å². The van der Waals surface area contributed by atoms with E-state index >= 15 is 0 Å². The lowest BCUT2D eigenvalue weighted by Crippen LogP contribution is -2.53. The Balaban J connectivity index is 1.27. The van der Waals surface area contributed by atoms with Crippen molar-refractivity contribution in [1.29, 1.82) is 0 Å². The molecule has 4 rings (SSSR count). The Morgan fingerprint density at radius 2 is 1.70 bits per heavy atom. The second-order valence-electron chi connectivity index (χ2n) is 7.04. The zero-order valence-electron chi connectivity index (χ0n) is 15.2. The summed E-state index contributed by atoms with van der Waals surface area (Å²) < 4.78 is 13.0. The second-order valence-corrected chi connectivity index (χ2v) is 8.41. The number of hydrogen-bond donors (Lipinski definition) is 1. The van der Waals surface area contributed by atoms with Crippen LogP contribution in [0.1, 0.15) is 6.42 Å². The summed E-state index contributed by atoms with van der Waals surface area (Å²) in [7, 11) is 0. The molecule has 6 heteroatoms. The molecule has 1 amide bonds. The molecule has 4 nitrogen and oxygen atoms in total. The zero-order valence-corrected chi connectivity index (χ0v) is 16.0. The Kier molecular flexibility index (Phi) is 5.64. The number of thioether (sulfide) groups is 1. The minimum absolute atomic E-state index is 0.105. The molecule has 0 radical (unpaired) electrons. The van der Waals surface area contributed by atoms with Crippen molar-refractivity contribution in [3.63, 3.8) is 0 Å². The highest BCUT2D eigenvalue weighted by Gasteiger charge is 2.33. The average Bonchev–Trinajstić information content (AvgIpc) is 3.18. The Labute approximate surface area is 163 Å². The number of carbonyl (C=O) groups is 1. The average molecular weight is 386 g/mol. The van der Waals surface area contributed by atoms with E-state index in [9.17, 15) is 9.18 Å². The number of anilines is 1. The Morgan fingerprint density at radius 3 is 2.41 bits per heavy atom. The quantitative estimate of drug-likeness (QED) is 0.878. The first-order chi connectivity index (χ1) is 13.2. The summed E-state index contributed by atoms with van der Waals surface area (Å²) in [6.45, 7) is 4.08. The van der Waals surface area contributed by atoms with E-state index in [1.54, 1.807) is 23.9 Å². The molecule has 2 aliphatic rings. The van der Waals surface area contributed by atoms with Gasteiger partial charge in [0.15, 0.2) is 0 Å². The van der Waals surface area contributed by atoms with Gasteiger partial charge in [0, 0.05) is 48.6 Å². The summed E-state index contributed by atoms with van der Waals surface area (Å²) >= 11 is 1.72. The molecule has 0 aliphatic carbocycles. The van der Waals surface area contributed by atoms with Crippen LogP contribution in [0.4, 0.5) is 10.1 Å². The lowest BCUT2D eigenvalue weighted by molar-refractivity contribution is -0.133. The number of carbonyl (C=O) groups excluding carboxylic acids is 1. The van der Waals surface area contributed by atoms with Crippen LogP contribution >= 0.6 is 11.8 Å². The number of nitrogens with zero attached hydrogens (tertiary/aromatic N) is 2. The topological polar surface area (TPSA) is 35.6 Å². The summed E-state index contributed by atoms with van der Waals surface area (Å²) in [5, 5.41) is 3.72. The Morgan fingerprint density at radius 1 is 1.00 bits per heavy atom. The van der Waals surface area contributed by atoms with Gasteiger partial charge in [-0.1, -0.05) is 18.2 Å². The lowest BCUT2D eigenvalue weighted by atomic mass is 10.1. The van der Waals surface area contributed by atoms with Crippen molar-refractivity contribution in [3.8, 4) is 0 Å². The molecule has 2 saturated heterocycles. The van der Waals surface area contributed by atoms with Gasteiger partial charge in [0.2, 0.25) is 5.91 Å². The fourth-order valence-electron chi connectivity index (χ4n) is 3.73. The second kappa shape index (κ2) is 8.31. The maximum absolute atomic E-state index is 13.0. The molecular formula is C21H24FN3OS. The van der Waals surface area contributed by atoms with Crippen LogP contribution in [-0.4, -0.2) is 54.8 Å². The van der Waals surface area contributed by atoms with Crippen LogP contribution in [0.2, 0.25) is 0 Å². The SMILES string of the molecule is O=C([C@@H]1C[C@H](Sc2ccc(F)cc2)CN1)N1CCN(c2ccccc2)CC1. The molecule has 1 N–H and O–H groups in total. The molecule has 2 aliphatic heterocycles. The fourth-order valence-corrected chi connectivity index (χ4v) is 4.88. The van der Waals surface area contributed by atoms with E-state index in [4.69, 9.17) is 0 Å². The summed E-state index contributed by atoms with van der Waals surface area (Å²) in [6, 6.07) is 16.8. The number of benzene rings is 2. The molecule has 0 spiro atoms. The number of rotatable bonds is 4. The minimum Gasteiger partial charge on any atom is -0.368 e. The van der Waals surface area contributed by atoms with E-state index < -0.39 is 0 Å². The van der Waals surface area contributed by atoms with Crippen LogP contribution in [0, 0.1) is 5.82 Å². The molecule has 2 atom stereocenters. The van der Waals surface area contributed by atoms with Crippen molar-refractivity contribution in [2.75, 3.05) is 37.6 Å². The van der Waals surface area contributed by atoms with Crippen molar-refractivity contribution in [1.82, 2.24) is 10.2 Å². The normalized spacial score (nSPS) is 22.9. The van der Waals surface area contributed by atoms with Crippen molar-refractivity contribution < 1.29 is 9.18 Å². The predicted molar refractivity (Wildman–Crippen MR) is 108 cm³/mol. The minimum atomic E-state index is -0.216. The maximum atomic E-state index is 13.0. The fraction of sp³-hybridized carbons (Fsp3) is 0.381. The van der Waals surface area contributed by atoms with Crippen LogP contribution in [0.15, 0.2) is 59.5 Å². The van der Waals surface area contributed by atoms with Crippen LogP contribution in [0.3, 0.4) is 0 Å². The largest absolute Gasteiger partial charge is 0.368 e. The number of halogens is 1. The van der Waals surface area contributed by atoms with Gasteiger partial charge in [-0.15, -0.1) is 11.8 Å². The van der Waals surface area contributed by atoms with E-state index in [0.29, 0.717) is 5.25 Å². The van der Waals surface area contributed by atoms with Gasteiger partial charge in [0.1, 0.15) is 5.82 Å². The zero-order chi connectivity index (χ0) is 18.6. The Hall–Kier alpha value is -2.05. The molecule has 0 unspecified atom stereocenters. The smallest absolute Gasteiger partial charge is 0.239 e. The molecule has 2 heterocycles. The number of para-hydroxylation sites is 1. The molecule has 0 bridgehead atoms. The third-order valence-corrected chi connectivity index (χ3v) is 6.45. The molecule has 0 saturated carbocycles. The van der Waals surface area contributed by atoms with Gasteiger partial charge in [0.05, 0.1) is 6.04 Å². The highest BCUT2D eigenvalue weighted by atomic mass is 32.2. The van der Waals surface area contributed by atoms with Crippen molar-refractivity contribution in [3.05, 3.63) is 60.4 Å². The van der Waals surface area contributed by atoms with Crippen molar-refractivity contribution in [2.45, 2.75) is 22.6 Å². The van der Waals surface area contributed by atoms with Crippen LogP contribution in [-0.2, 0) is 4.79 Å². The number of piperazine rings is 1. The predicted octanol–water partition coefficient (Wildman–Crippen LogP) is 3.00. The molecular weight excluding hydrogens is 361 g/mol. The first-order valence-corrected chi connectivity index (χ1v) is 10.3.